The van der Waals surface area contributed by atoms with E-state index in [0.717, 1.165) is 12.1 Å². The topological polar surface area (TPSA) is 168 Å². The molecule has 6 atom stereocenters. The number of phenolic OH excluding ortho intramolecular Hbond substituents is 1. The number of nitrogens with two attached hydrogens (primary N) is 1. The van der Waals surface area contributed by atoms with Gasteiger partial charge in [0.2, 0.25) is 5.91 Å². The van der Waals surface area contributed by atoms with Gasteiger partial charge in [-0.15, -0.1) is 13.2 Å². The van der Waals surface area contributed by atoms with E-state index in [2.05, 4.69) is 4.74 Å². The van der Waals surface area contributed by atoms with E-state index < -0.39 is 81.2 Å². The lowest BCUT2D eigenvalue weighted by Crippen LogP contribution is -2.79. The molecular weight excluding hydrogens is 611 g/mol. The third-order valence-electron chi connectivity index (χ3n) is 9.84. The minimum atomic E-state index is -4.92. The summed E-state index contributed by atoms with van der Waals surface area (Å²) in [6, 6.07) is 4.90. The van der Waals surface area contributed by atoms with E-state index in [1.54, 1.807) is 32.0 Å². The van der Waals surface area contributed by atoms with Crippen LogP contribution in [-0.2, 0) is 25.6 Å². The molecule has 0 bridgehead atoms. The Bertz CT molecular complexity index is 1710. The van der Waals surface area contributed by atoms with Gasteiger partial charge in [0.05, 0.1) is 17.5 Å². The summed E-state index contributed by atoms with van der Waals surface area (Å²) in [7, 11) is 6.39. The molecule has 0 spiro atoms. The molecular formula is C32H34F3N3O8. The standard InChI is InChI=1S/C32H34F3N3O8/c1-29-12-17-18(37(3)4)11-16(14-7-9-15(10-8-14)46-32(33,34)35)22(39)19(17)23(40)21(29)27(43)31(45)26(42)20(28(36)44)24(41)25(38(5)6)30(31,2)13-29/h7-11,20-21,25,39,45H,12-13H2,1-6H3,(H2,36,44)/t20?,21?,25-,29+,30+,31-/m1/s1. The van der Waals surface area contributed by atoms with Crippen molar-refractivity contribution in [1.29, 1.82) is 0 Å². The number of likely N-dealkylation sites (N-methyl/N-ethyl adjacent to an activating group) is 1. The summed E-state index contributed by atoms with van der Waals surface area (Å²) in [6.07, 6.45) is -5.08. The molecule has 11 nitrogen and oxygen atoms in total. The van der Waals surface area contributed by atoms with E-state index in [0.29, 0.717) is 11.3 Å². The van der Waals surface area contributed by atoms with Gasteiger partial charge in [-0.3, -0.25) is 28.9 Å². The van der Waals surface area contributed by atoms with E-state index in [1.165, 1.54) is 38.1 Å². The fourth-order valence-electron chi connectivity index (χ4n) is 8.22. The predicted molar refractivity (Wildman–Crippen MR) is 157 cm³/mol. The minimum absolute atomic E-state index is 0.0115. The Morgan fingerprint density at radius 3 is 2.11 bits per heavy atom. The van der Waals surface area contributed by atoms with Crippen LogP contribution < -0.4 is 15.4 Å². The Hall–Kier alpha value is -4.30. The molecule has 14 heteroatoms. The second-order valence-electron chi connectivity index (χ2n) is 13.4. The van der Waals surface area contributed by atoms with Crippen LogP contribution in [0.15, 0.2) is 30.3 Å². The Morgan fingerprint density at radius 2 is 1.61 bits per heavy atom. The number of ether oxygens (including phenoxy) is 1. The number of amides is 1. The first-order valence-electron chi connectivity index (χ1n) is 14.4. The van der Waals surface area contributed by atoms with Gasteiger partial charge in [-0.2, -0.15) is 0 Å². The summed E-state index contributed by atoms with van der Waals surface area (Å²) >= 11 is 0. The summed E-state index contributed by atoms with van der Waals surface area (Å²) in [5, 5.41) is 23.7. The maximum atomic E-state index is 14.5. The fraction of sp³-hybridized carbons (Fsp3) is 0.469. The summed E-state index contributed by atoms with van der Waals surface area (Å²) in [5.74, 6) is -10.5. The molecule has 0 aromatic heterocycles. The van der Waals surface area contributed by atoms with Crippen molar-refractivity contribution < 1.29 is 52.1 Å². The number of aromatic hydroxyl groups is 1. The molecule has 246 valence electrons. The number of ketones is 4. The van der Waals surface area contributed by atoms with Crippen molar-refractivity contribution in [2.75, 3.05) is 33.1 Å². The minimum Gasteiger partial charge on any atom is -0.507 e. The summed E-state index contributed by atoms with van der Waals surface area (Å²) < 4.78 is 42.1. The van der Waals surface area contributed by atoms with E-state index in [9.17, 15) is 47.4 Å². The van der Waals surface area contributed by atoms with Gasteiger partial charge >= 0.3 is 6.36 Å². The number of primary amides is 1. The van der Waals surface area contributed by atoms with Crippen LogP contribution in [-0.4, -0.2) is 90.3 Å². The van der Waals surface area contributed by atoms with Crippen molar-refractivity contribution in [3.63, 3.8) is 0 Å². The lowest BCUT2D eigenvalue weighted by molar-refractivity contribution is -0.274. The highest BCUT2D eigenvalue weighted by Crippen LogP contribution is 2.62. The van der Waals surface area contributed by atoms with Gasteiger partial charge in [0.1, 0.15) is 11.5 Å². The maximum Gasteiger partial charge on any atom is 0.573 e. The number of rotatable bonds is 5. The zero-order valence-corrected chi connectivity index (χ0v) is 26.0. The highest BCUT2D eigenvalue weighted by Gasteiger charge is 2.76. The second kappa shape index (κ2) is 10.4. The number of fused-ring (bicyclic) bond motifs is 3. The molecule has 5 rings (SSSR count). The number of nitrogens with zero attached hydrogens (tertiary/aromatic N) is 2. The first kappa shape index (κ1) is 33.1. The Kier molecular flexibility index (Phi) is 7.45. The van der Waals surface area contributed by atoms with Crippen molar-refractivity contribution in [1.82, 2.24) is 4.90 Å². The number of anilines is 1. The summed E-state index contributed by atoms with van der Waals surface area (Å²) in [6.45, 7) is 3.07. The second-order valence-corrected chi connectivity index (χ2v) is 13.4. The molecule has 2 aromatic rings. The fourth-order valence-corrected chi connectivity index (χ4v) is 8.22. The van der Waals surface area contributed by atoms with Gasteiger partial charge in [0.25, 0.3) is 0 Å². The van der Waals surface area contributed by atoms with Gasteiger partial charge in [-0.1, -0.05) is 26.0 Å². The highest BCUT2D eigenvalue weighted by atomic mass is 19.4. The Morgan fingerprint density at radius 1 is 1.02 bits per heavy atom. The molecule has 2 saturated carbocycles. The van der Waals surface area contributed by atoms with Gasteiger partial charge < -0.3 is 25.6 Å². The number of hydrogen-bond donors (Lipinski definition) is 3. The number of carbonyl (C=O) groups excluding carboxylic acids is 5. The predicted octanol–water partition coefficient (Wildman–Crippen LogP) is 2.28. The zero-order chi connectivity index (χ0) is 34.5. The van der Waals surface area contributed by atoms with E-state index in [-0.39, 0.29) is 29.5 Å². The highest BCUT2D eigenvalue weighted by molar-refractivity contribution is 6.33. The van der Waals surface area contributed by atoms with Crippen LogP contribution in [0.25, 0.3) is 11.1 Å². The zero-order valence-electron chi connectivity index (χ0n) is 26.0. The molecule has 1 amide bonds. The summed E-state index contributed by atoms with van der Waals surface area (Å²) in [4.78, 5) is 71.6. The largest absolute Gasteiger partial charge is 0.573 e. The average molecular weight is 646 g/mol. The van der Waals surface area contributed by atoms with Crippen LogP contribution in [0.3, 0.4) is 0 Å². The van der Waals surface area contributed by atoms with E-state index >= 15 is 0 Å². The molecule has 46 heavy (non-hydrogen) atoms. The third-order valence-corrected chi connectivity index (χ3v) is 9.84. The van der Waals surface area contributed by atoms with E-state index in [4.69, 9.17) is 5.73 Å². The van der Waals surface area contributed by atoms with Crippen molar-refractivity contribution in [2.24, 2.45) is 28.4 Å². The quantitative estimate of drug-likeness (QED) is 0.411. The molecule has 2 fully saturated rings. The number of carbonyl (C=O) groups is 5. The van der Waals surface area contributed by atoms with Crippen molar-refractivity contribution >= 4 is 34.7 Å². The number of phenols is 1. The van der Waals surface area contributed by atoms with Crippen LogP contribution in [0.5, 0.6) is 11.5 Å². The van der Waals surface area contributed by atoms with Crippen LogP contribution in [0.2, 0.25) is 0 Å². The average Bonchev–Trinajstić information content (AvgIpc) is 2.90. The lowest BCUT2D eigenvalue weighted by Gasteiger charge is -2.61. The van der Waals surface area contributed by atoms with Crippen molar-refractivity contribution in [3.05, 3.63) is 41.5 Å². The third kappa shape index (κ3) is 4.52. The summed E-state index contributed by atoms with van der Waals surface area (Å²) in [5.41, 5.74) is 0.358. The van der Waals surface area contributed by atoms with E-state index in [1.807, 2.05) is 0 Å². The first-order chi connectivity index (χ1) is 21.1. The maximum absolute atomic E-state index is 14.5. The van der Waals surface area contributed by atoms with Crippen molar-refractivity contribution in [3.8, 4) is 22.6 Å². The first-order valence-corrected chi connectivity index (χ1v) is 14.4. The van der Waals surface area contributed by atoms with Gasteiger partial charge in [-0.05, 0) is 61.7 Å². The number of alkyl halides is 3. The molecule has 3 aliphatic rings. The van der Waals surface area contributed by atoms with Crippen molar-refractivity contribution in [2.45, 2.75) is 44.7 Å². The van der Waals surface area contributed by atoms with Gasteiger partial charge in [-0.25, -0.2) is 0 Å². The van der Waals surface area contributed by atoms with Crippen LogP contribution >= 0.6 is 0 Å². The van der Waals surface area contributed by atoms with Crippen LogP contribution in [0, 0.1) is 22.7 Å². The SMILES string of the molecule is CN(C)c1cc(-c2ccc(OC(F)(F)F)cc2)c(O)c2c1C[C@@]1(C)C[C@@]3(C)[C@H](N(C)C)C(=O)C(C(N)=O)C(=O)[C@@]3(O)C(=O)C1C2=O. The molecule has 3 aliphatic carbocycles. The van der Waals surface area contributed by atoms with Gasteiger partial charge in [0, 0.05) is 30.8 Å². The number of halogens is 3. The molecule has 0 heterocycles. The van der Waals surface area contributed by atoms with Gasteiger partial charge in [0.15, 0.2) is 34.7 Å². The molecule has 0 radical (unpaired) electrons. The number of benzene rings is 2. The molecule has 0 aliphatic heterocycles. The number of hydrogen-bond acceptors (Lipinski definition) is 10. The monoisotopic (exact) mass is 645 g/mol. The Labute approximate surface area is 262 Å². The lowest BCUT2D eigenvalue weighted by atomic mass is 9.42. The number of aliphatic hydroxyl groups is 1. The molecule has 4 N–H and O–H groups in total. The molecule has 2 aromatic carbocycles. The van der Waals surface area contributed by atoms with Crippen LogP contribution in [0.4, 0.5) is 18.9 Å². The molecule has 2 unspecified atom stereocenters. The number of Topliss-reactive ketones (excluding diaryl/α,β-unsaturated/α-hetero) is 4. The normalized spacial score (nSPS) is 30.9. The van der Waals surface area contributed by atoms with Crippen LogP contribution in [0.1, 0.15) is 36.2 Å². The molecule has 0 saturated heterocycles. The smallest absolute Gasteiger partial charge is 0.507 e. The Balaban J connectivity index is 1.70.